The molecule has 2 aromatic carbocycles. The van der Waals surface area contributed by atoms with Crippen LogP contribution in [0.2, 0.25) is 0 Å². The minimum Gasteiger partial charge on any atom is -0.495 e. The number of hydrogen-bond donors (Lipinski definition) is 1. The maximum absolute atomic E-state index is 12.9. The highest BCUT2D eigenvalue weighted by Crippen LogP contribution is 2.27. The Morgan fingerprint density at radius 3 is 2.50 bits per heavy atom. The topological polar surface area (TPSA) is 81.7 Å². The van der Waals surface area contributed by atoms with Crippen molar-refractivity contribution in [1.29, 1.82) is 0 Å². The van der Waals surface area contributed by atoms with Crippen LogP contribution in [0.3, 0.4) is 0 Å². The van der Waals surface area contributed by atoms with Gasteiger partial charge in [0.25, 0.3) is 0 Å². The summed E-state index contributed by atoms with van der Waals surface area (Å²) >= 11 is 3.25. The van der Waals surface area contributed by atoms with E-state index >= 15 is 0 Å². The lowest BCUT2D eigenvalue weighted by Crippen LogP contribution is -2.43. The van der Waals surface area contributed by atoms with E-state index in [4.69, 9.17) is 9.47 Å². The van der Waals surface area contributed by atoms with Crippen LogP contribution in [0.15, 0.2) is 57.9 Å². The Hall–Kier alpha value is -1.90. The molecule has 26 heavy (non-hydrogen) atoms. The van der Waals surface area contributed by atoms with E-state index in [2.05, 4.69) is 20.7 Å². The largest absolute Gasteiger partial charge is 0.495 e. The molecule has 0 aliphatic carbocycles. The van der Waals surface area contributed by atoms with Crippen molar-refractivity contribution in [2.24, 2.45) is 0 Å². The van der Waals surface area contributed by atoms with E-state index in [9.17, 15) is 13.2 Å². The van der Waals surface area contributed by atoms with Crippen LogP contribution >= 0.6 is 15.9 Å². The Kier molecular flexibility index (Phi) is 7.19. The van der Waals surface area contributed by atoms with Gasteiger partial charge in [-0.05, 0) is 37.1 Å². The van der Waals surface area contributed by atoms with Gasteiger partial charge in [-0.2, -0.15) is 4.72 Å². The molecule has 0 spiro atoms. The molecule has 1 atom stereocenters. The predicted octanol–water partition coefficient (Wildman–Crippen LogP) is 2.91. The molecule has 0 aliphatic rings. The lowest BCUT2D eigenvalue weighted by Gasteiger charge is -2.18. The third-order valence-electron chi connectivity index (χ3n) is 3.57. The summed E-state index contributed by atoms with van der Waals surface area (Å²) in [6.45, 7) is 1.83. The van der Waals surface area contributed by atoms with E-state index in [1.54, 1.807) is 13.0 Å². The summed E-state index contributed by atoms with van der Waals surface area (Å²) in [6, 6.07) is 12.7. The van der Waals surface area contributed by atoms with Crippen LogP contribution in [0.4, 0.5) is 0 Å². The van der Waals surface area contributed by atoms with E-state index in [1.165, 1.54) is 19.2 Å². The standard InChI is InChI=1S/C18H20BrNO5S/c1-3-25-18(21)15(11-13-7-5-4-6-8-13)20-26(22,23)17-12-14(19)9-10-16(17)24-2/h4-10,12,15,20H,3,11H2,1-2H3. The molecule has 2 aromatic rings. The van der Waals surface area contributed by atoms with Gasteiger partial charge in [-0.25, -0.2) is 8.42 Å². The quantitative estimate of drug-likeness (QED) is 0.636. The van der Waals surface area contributed by atoms with E-state index in [-0.39, 0.29) is 23.7 Å². The average Bonchev–Trinajstić information content (AvgIpc) is 2.62. The third kappa shape index (κ3) is 5.30. The number of esters is 1. The first kappa shape index (κ1) is 20.4. The molecule has 1 N–H and O–H groups in total. The zero-order chi connectivity index (χ0) is 19.2. The number of sulfonamides is 1. The van der Waals surface area contributed by atoms with Crippen molar-refractivity contribution in [3.05, 3.63) is 58.6 Å². The van der Waals surface area contributed by atoms with Crippen LogP contribution in [0.25, 0.3) is 0 Å². The van der Waals surface area contributed by atoms with Crippen molar-refractivity contribution in [3.8, 4) is 5.75 Å². The zero-order valence-corrected chi connectivity index (χ0v) is 16.8. The lowest BCUT2D eigenvalue weighted by molar-refractivity contribution is -0.145. The van der Waals surface area contributed by atoms with Crippen LogP contribution in [-0.4, -0.2) is 34.1 Å². The molecule has 140 valence electrons. The van der Waals surface area contributed by atoms with Gasteiger partial charge in [0.2, 0.25) is 10.0 Å². The average molecular weight is 442 g/mol. The van der Waals surface area contributed by atoms with Crippen molar-refractivity contribution in [1.82, 2.24) is 4.72 Å². The minimum atomic E-state index is -4.01. The summed E-state index contributed by atoms with van der Waals surface area (Å²) in [4.78, 5) is 12.2. The van der Waals surface area contributed by atoms with Gasteiger partial charge in [-0.15, -0.1) is 0 Å². The van der Waals surface area contributed by atoms with Gasteiger partial charge in [0.1, 0.15) is 16.7 Å². The van der Waals surface area contributed by atoms with Gasteiger partial charge < -0.3 is 9.47 Å². The summed E-state index contributed by atoms with van der Waals surface area (Å²) in [5, 5.41) is 0. The molecule has 0 aromatic heterocycles. The number of carbonyl (C=O) groups is 1. The molecule has 0 fully saturated rings. The van der Waals surface area contributed by atoms with Crippen LogP contribution in [0.1, 0.15) is 12.5 Å². The second-order valence-electron chi connectivity index (χ2n) is 5.41. The molecule has 2 rings (SSSR count). The van der Waals surface area contributed by atoms with E-state index < -0.39 is 22.0 Å². The van der Waals surface area contributed by atoms with Crippen molar-refractivity contribution < 1.29 is 22.7 Å². The van der Waals surface area contributed by atoms with E-state index in [1.807, 2.05) is 30.3 Å². The minimum absolute atomic E-state index is 0.0586. The molecule has 0 saturated heterocycles. The number of halogens is 1. The molecule has 0 radical (unpaired) electrons. The second-order valence-corrected chi connectivity index (χ2v) is 8.01. The van der Waals surface area contributed by atoms with Gasteiger partial charge in [0.05, 0.1) is 13.7 Å². The molecule has 0 amide bonds. The fraction of sp³-hybridized carbons (Fsp3) is 0.278. The number of ether oxygens (including phenoxy) is 2. The first-order valence-electron chi connectivity index (χ1n) is 7.93. The van der Waals surface area contributed by atoms with Crippen LogP contribution < -0.4 is 9.46 Å². The van der Waals surface area contributed by atoms with Gasteiger partial charge in [0, 0.05) is 4.47 Å². The van der Waals surface area contributed by atoms with Gasteiger partial charge in [0.15, 0.2) is 0 Å². The Balaban J connectivity index is 2.34. The Labute approximate surface area is 161 Å². The number of carbonyl (C=O) groups excluding carboxylic acids is 1. The number of benzene rings is 2. The molecule has 0 heterocycles. The maximum Gasteiger partial charge on any atom is 0.324 e. The first-order valence-corrected chi connectivity index (χ1v) is 10.2. The Morgan fingerprint density at radius 2 is 1.88 bits per heavy atom. The third-order valence-corrected chi connectivity index (χ3v) is 5.55. The van der Waals surface area contributed by atoms with E-state index in [0.717, 1.165) is 5.56 Å². The van der Waals surface area contributed by atoms with Gasteiger partial charge >= 0.3 is 5.97 Å². The first-order chi connectivity index (χ1) is 12.4. The monoisotopic (exact) mass is 441 g/mol. The molecular weight excluding hydrogens is 422 g/mol. The molecule has 8 heteroatoms. The molecular formula is C18H20BrNO5S. The van der Waals surface area contributed by atoms with Crippen molar-refractivity contribution in [3.63, 3.8) is 0 Å². The van der Waals surface area contributed by atoms with Crippen molar-refractivity contribution in [2.75, 3.05) is 13.7 Å². The van der Waals surface area contributed by atoms with Crippen molar-refractivity contribution in [2.45, 2.75) is 24.3 Å². The zero-order valence-electron chi connectivity index (χ0n) is 14.4. The highest BCUT2D eigenvalue weighted by Gasteiger charge is 2.29. The van der Waals surface area contributed by atoms with Crippen LogP contribution in [0.5, 0.6) is 5.75 Å². The summed E-state index contributed by atoms with van der Waals surface area (Å²) < 4.78 is 38.9. The summed E-state index contributed by atoms with van der Waals surface area (Å²) in [5.74, 6) is -0.447. The number of hydrogen-bond acceptors (Lipinski definition) is 5. The second kappa shape index (κ2) is 9.16. The highest BCUT2D eigenvalue weighted by molar-refractivity contribution is 9.10. The molecule has 6 nitrogen and oxygen atoms in total. The summed E-state index contributed by atoms with van der Waals surface area (Å²) in [5.41, 5.74) is 0.814. The highest BCUT2D eigenvalue weighted by atomic mass is 79.9. The summed E-state index contributed by atoms with van der Waals surface area (Å²) in [6.07, 6.45) is 0.176. The Bertz CT molecular complexity index is 855. The van der Waals surface area contributed by atoms with Gasteiger partial charge in [-0.3, -0.25) is 4.79 Å². The fourth-order valence-electron chi connectivity index (χ4n) is 2.38. The number of rotatable bonds is 8. The normalized spacial score (nSPS) is 12.4. The Morgan fingerprint density at radius 1 is 1.19 bits per heavy atom. The van der Waals surface area contributed by atoms with Crippen LogP contribution in [-0.2, 0) is 26.0 Å². The summed E-state index contributed by atoms with van der Waals surface area (Å²) in [7, 11) is -2.63. The maximum atomic E-state index is 12.9. The number of methoxy groups -OCH3 is 1. The number of nitrogens with one attached hydrogen (secondary N) is 1. The molecule has 1 unspecified atom stereocenters. The molecule has 0 bridgehead atoms. The predicted molar refractivity (Wildman–Crippen MR) is 102 cm³/mol. The SMILES string of the molecule is CCOC(=O)C(Cc1ccccc1)NS(=O)(=O)c1cc(Br)ccc1OC. The smallest absolute Gasteiger partial charge is 0.324 e. The fourth-order valence-corrected chi connectivity index (χ4v) is 4.27. The molecule has 0 aliphatic heterocycles. The molecule has 0 saturated carbocycles. The lowest BCUT2D eigenvalue weighted by atomic mass is 10.1. The van der Waals surface area contributed by atoms with E-state index in [0.29, 0.717) is 4.47 Å². The van der Waals surface area contributed by atoms with Crippen molar-refractivity contribution >= 4 is 31.9 Å². The van der Waals surface area contributed by atoms with Gasteiger partial charge in [-0.1, -0.05) is 46.3 Å². The van der Waals surface area contributed by atoms with Crippen LogP contribution in [0, 0.1) is 0 Å².